The van der Waals surface area contributed by atoms with Gasteiger partial charge in [-0.05, 0) is 47.1 Å². The molecule has 2 aromatic rings. The fraction of sp³-hybridized carbons (Fsp3) is 0.0769. The van der Waals surface area contributed by atoms with Crippen molar-refractivity contribution in [3.8, 4) is 11.6 Å². The van der Waals surface area contributed by atoms with E-state index in [2.05, 4.69) is 20.9 Å². The van der Waals surface area contributed by atoms with E-state index in [0.717, 1.165) is 0 Å². The van der Waals surface area contributed by atoms with Gasteiger partial charge in [0.05, 0.1) is 15.7 Å². The number of aromatic nitrogens is 1. The Morgan fingerprint density at radius 2 is 2.11 bits per heavy atom. The van der Waals surface area contributed by atoms with Gasteiger partial charge in [0.2, 0.25) is 5.88 Å². The number of carboxylic acid groups (broad SMARTS) is 1. The number of aryl methyl sites for hydroxylation is 1. The van der Waals surface area contributed by atoms with Gasteiger partial charge in [0.25, 0.3) is 0 Å². The van der Waals surface area contributed by atoms with Crippen molar-refractivity contribution in [1.82, 2.24) is 4.98 Å². The van der Waals surface area contributed by atoms with Gasteiger partial charge in [-0.2, -0.15) is 0 Å². The minimum Gasteiger partial charge on any atom is -0.478 e. The SMILES string of the molecule is Cc1nc(Oc2ccc(F)cc2Br)ccc1C(=O)O. The topological polar surface area (TPSA) is 59.4 Å². The molecule has 98 valence electrons. The van der Waals surface area contributed by atoms with Crippen LogP contribution in [0.25, 0.3) is 0 Å². The van der Waals surface area contributed by atoms with Gasteiger partial charge in [-0.3, -0.25) is 0 Å². The Labute approximate surface area is 117 Å². The van der Waals surface area contributed by atoms with Crippen molar-refractivity contribution in [2.75, 3.05) is 0 Å². The lowest BCUT2D eigenvalue weighted by Gasteiger charge is -2.08. The summed E-state index contributed by atoms with van der Waals surface area (Å²) in [5.41, 5.74) is 0.466. The Morgan fingerprint density at radius 3 is 2.68 bits per heavy atom. The number of hydrogen-bond acceptors (Lipinski definition) is 3. The van der Waals surface area contributed by atoms with Crippen LogP contribution in [0.4, 0.5) is 4.39 Å². The number of pyridine rings is 1. The number of carbonyl (C=O) groups is 1. The third kappa shape index (κ3) is 3.08. The fourth-order valence-electron chi connectivity index (χ4n) is 1.49. The number of carboxylic acids is 1. The summed E-state index contributed by atoms with van der Waals surface area (Å²) < 4.78 is 18.8. The van der Waals surface area contributed by atoms with Crippen LogP contribution >= 0.6 is 15.9 Å². The van der Waals surface area contributed by atoms with E-state index in [1.165, 1.54) is 30.3 Å². The van der Waals surface area contributed by atoms with Crippen LogP contribution in [0, 0.1) is 12.7 Å². The zero-order valence-electron chi connectivity index (χ0n) is 9.85. The average molecular weight is 326 g/mol. The first-order valence-corrected chi connectivity index (χ1v) is 6.10. The van der Waals surface area contributed by atoms with E-state index in [0.29, 0.717) is 15.9 Å². The Hall–Kier alpha value is -1.95. The van der Waals surface area contributed by atoms with Gasteiger partial charge in [0.1, 0.15) is 11.6 Å². The molecule has 6 heteroatoms. The summed E-state index contributed by atoms with van der Waals surface area (Å²) >= 11 is 3.17. The smallest absolute Gasteiger partial charge is 0.337 e. The molecule has 0 aliphatic heterocycles. The Kier molecular flexibility index (Phi) is 3.80. The normalized spacial score (nSPS) is 10.3. The molecule has 1 aromatic heterocycles. The summed E-state index contributed by atoms with van der Waals surface area (Å²) in [5.74, 6) is -0.782. The zero-order valence-corrected chi connectivity index (χ0v) is 11.4. The fourth-order valence-corrected chi connectivity index (χ4v) is 1.92. The molecule has 2 rings (SSSR count). The highest BCUT2D eigenvalue weighted by Crippen LogP contribution is 2.29. The number of nitrogens with zero attached hydrogens (tertiary/aromatic N) is 1. The highest BCUT2D eigenvalue weighted by Gasteiger charge is 2.10. The molecule has 1 aromatic carbocycles. The molecule has 0 saturated heterocycles. The molecule has 0 unspecified atom stereocenters. The Morgan fingerprint density at radius 1 is 1.37 bits per heavy atom. The van der Waals surface area contributed by atoms with Crippen LogP contribution in [0.1, 0.15) is 16.1 Å². The van der Waals surface area contributed by atoms with E-state index in [1.54, 1.807) is 6.92 Å². The van der Waals surface area contributed by atoms with Crippen LogP contribution in [-0.2, 0) is 0 Å². The number of benzene rings is 1. The molecular formula is C13H9BrFNO3. The molecule has 0 aliphatic rings. The maximum Gasteiger partial charge on any atom is 0.337 e. The molecular weight excluding hydrogens is 317 g/mol. The molecule has 0 fully saturated rings. The van der Waals surface area contributed by atoms with Crippen LogP contribution in [0.2, 0.25) is 0 Å². The van der Waals surface area contributed by atoms with Crippen LogP contribution in [-0.4, -0.2) is 16.1 Å². The van der Waals surface area contributed by atoms with Crippen molar-refractivity contribution < 1.29 is 19.0 Å². The first-order valence-electron chi connectivity index (χ1n) is 5.31. The lowest BCUT2D eigenvalue weighted by molar-refractivity contribution is 0.0695. The molecule has 0 atom stereocenters. The predicted molar refractivity (Wildman–Crippen MR) is 70.1 cm³/mol. The molecule has 4 nitrogen and oxygen atoms in total. The minimum absolute atomic E-state index is 0.116. The largest absolute Gasteiger partial charge is 0.478 e. The van der Waals surface area contributed by atoms with E-state index in [1.807, 2.05) is 0 Å². The molecule has 0 saturated carbocycles. The van der Waals surface area contributed by atoms with E-state index in [-0.39, 0.29) is 17.3 Å². The van der Waals surface area contributed by atoms with E-state index in [4.69, 9.17) is 9.84 Å². The maximum atomic E-state index is 12.9. The second kappa shape index (κ2) is 5.36. The summed E-state index contributed by atoms with van der Waals surface area (Å²) in [6.45, 7) is 1.58. The second-order valence-corrected chi connectivity index (χ2v) is 4.62. The molecule has 1 N–H and O–H groups in total. The first-order chi connectivity index (χ1) is 8.97. The summed E-state index contributed by atoms with van der Waals surface area (Å²) in [6.07, 6.45) is 0. The number of rotatable bonds is 3. The highest BCUT2D eigenvalue weighted by atomic mass is 79.9. The summed E-state index contributed by atoms with van der Waals surface area (Å²) in [5, 5.41) is 8.89. The number of aromatic carboxylic acids is 1. The highest BCUT2D eigenvalue weighted by molar-refractivity contribution is 9.10. The molecule has 0 radical (unpaired) electrons. The summed E-state index contributed by atoms with van der Waals surface area (Å²) in [6, 6.07) is 6.86. The van der Waals surface area contributed by atoms with Gasteiger partial charge in [-0.25, -0.2) is 14.2 Å². The molecule has 0 amide bonds. The van der Waals surface area contributed by atoms with Crippen LogP contribution in [0.5, 0.6) is 11.6 Å². The summed E-state index contributed by atoms with van der Waals surface area (Å²) in [7, 11) is 0. The van der Waals surface area contributed by atoms with Crippen molar-refractivity contribution in [3.05, 3.63) is 51.9 Å². The Bertz CT molecular complexity index is 646. The molecule has 0 bridgehead atoms. The summed E-state index contributed by atoms with van der Waals surface area (Å²) in [4.78, 5) is 14.9. The maximum absolute atomic E-state index is 12.9. The van der Waals surface area contributed by atoms with Crippen molar-refractivity contribution in [2.24, 2.45) is 0 Å². The number of ether oxygens (including phenoxy) is 1. The van der Waals surface area contributed by atoms with Crippen molar-refractivity contribution in [2.45, 2.75) is 6.92 Å². The zero-order chi connectivity index (χ0) is 14.0. The quantitative estimate of drug-likeness (QED) is 0.932. The molecule has 1 heterocycles. The van der Waals surface area contributed by atoms with Gasteiger partial charge in [-0.1, -0.05) is 0 Å². The molecule has 0 aliphatic carbocycles. The molecule has 0 spiro atoms. The van der Waals surface area contributed by atoms with E-state index >= 15 is 0 Å². The van der Waals surface area contributed by atoms with Gasteiger partial charge in [-0.15, -0.1) is 0 Å². The minimum atomic E-state index is -1.04. The van der Waals surface area contributed by atoms with Crippen molar-refractivity contribution in [3.63, 3.8) is 0 Å². The Balaban J connectivity index is 2.29. The van der Waals surface area contributed by atoms with Gasteiger partial charge in [0.15, 0.2) is 0 Å². The van der Waals surface area contributed by atoms with Crippen molar-refractivity contribution in [1.29, 1.82) is 0 Å². The van der Waals surface area contributed by atoms with Gasteiger partial charge >= 0.3 is 5.97 Å². The molecule has 19 heavy (non-hydrogen) atoms. The van der Waals surface area contributed by atoms with Crippen LogP contribution in [0.15, 0.2) is 34.8 Å². The average Bonchev–Trinajstić information content (AvgIpc) is 2.32. The van der Waals surface area contributed by atoms with Crippen molar-refractivity contribution >= 4 is 21.9 Å². The number of halogens is 2. The standard InChI is InChI=1S/C13H9BrFNO3/c1-7-9(13(17)18)3-5-12(16-7)19-11-4-2-8(15)6-10(11)14/h2-6H,1H3,(H,17,18). The van der Waals surface area contributed by atoms with E-state index in [9.17, 15) is 9.18 Å². The van der Waals surface area contributed by atoms with Crippen LogP contribution in [0.3, 0.4) is 0 Å². The lowest BCUT2D eigenvalue weighted by Crippen LogP contribution is -2.02. The predicted octanol–water partition coefficient (Wildman–Crippen LogP) is 3.78. The first kappa shape index (κ1) is 13.5. The third-order valence-corrected chi connectivity index (χ3v) is 3.02. The lowest BCUT2D eigenvalue weighted by atomic mass is 10.2. The van der Waals surface area contributed by atoms with Crippen LogP contribution < -0.4 is 4.74 Å². The van der Waals surface area contributed by atoms with Gasteiger partial charge in [0, 0.05) is 6.07 Å². The monoisotopic (exact) mass is 325 g/mol. The third-order valence-electron chi connectivity index (χ3n) is 2.40. The van der Waals surface area contributed by atoms with Gasteiger partial charge < -0.3 is 9.84 Å². The number of hydrogen-bond donors (Lipinski definition) is 1. The van der Waals surface area contributed by atoms with E-state index < -0.39 is 5.97 Å². The second-order valence-electron chi connectivity index (χ2n) is 3.76.